The molecule has 0 spiro atoms. The smallest absolute Gasteiger partial charge is 0.283 e. The molecule has 0 unspecified atom stereocenters. The summed E-state index contributed by atoms with van der Waals surface area (Å²) in [6.45, 7) is 8.24. The number of nitrogens with zero attached hydrogens (tertiary/aromatic N) is 4. The summed E-state index contributed by atoms with van der Waals surface area (Å²) < 4.78 is 2.18. The average Bonchev–Trinajstić information content (AvgIpc) is 3.17. The molecule has 0 saturated heterocycles. The highest BCUT2D eigenvalue weighted by molar-refractivity contribution is 8.25. The summed E-state index contributed by atoms with van der Waals surface area (Å²) in [6, 6.07) is 8.40. The minimum Gasteiger partial charge on any atom is -0.318 e. The first-order chi connectivity index (χ1) is 12.9. The molecule has 27 heavy (non-hydrogen) atoms. The number of fused-ring (bicyclic) bond motifs is 1. The van der Waals surface area contributed by atoms with E-state index < -0.39 is 5.91 Å². The van der Waals surface area contributed by atoms with Crippen LogP contribution in [-0.2, 0) is 4.79 Å². The second-order valence-electron chi connectivity index (χ2n) is 6.71. The summed E-state index contributed by atoms with van der Waals surface area (Å²) in [7, 11) is 0. The molecule has 0 atom stereocenters. The van der Waals surface area contributed by atoms with Crippen LogP contribution in [0.2, 0.25) is 0 Å². The van der Waals surface area contributed by atoms with Crippen LogP contribution < -0.4 is 0 Å². The van der Waals surface area contributed by atoms with Gasteiger partial charge < -0.3 is 4.57 Å². The lowest BCUT2D eigenvalue weighted by molar-refractivity contribution is -0.114. The Kier molecular flexibility index (Phi) is 4.11. The van der Waals surface area contributed by atoms with Crippen molar-refractivity contribution in [2.24, 2.45) is 10.1 Å². The van der Waals surface area contributed by atoms with Crippen LogP contribution in [0, 0.1) is 33.1 Å². The maximum atomic E-state index is 12.4. The van der Waals surface area contributed by atoms with Crippen LogP contribution in [0.3, 0.4) is 0 Å². The number of amidine groups is 2. The molecular formula is C20H19N5OS. The first-order valence-corrected chi connectivity index (χ1v) is 9.44. The Hall–Kier alpha value is -2.93. The Bertz CT molecular complexity index is 1090. The van der Waals surface area contributed by atoms with E-state index >= 15 is 0 Å². The molecule has 7 heteroatoms. The minimum absolute atomic E-state index is 0.0579. The number of carbonyl (C=O) groups is 1. The quantitative estimate of drug-likeness (QED) is 0.805. The van der Waals surface area contributed by atoms with Gasteiger partial charge in [-0.2, -0.15) is 15.1 Å². The summed E-state index contributed by atoms with van der Waals surface area (Å²) in [4.78, 5) is 16.5. The fraction of sp³-hybridized carbons (Fsp3) is 0.200. The number of hydrogen-bond acceptors (Lipinski definition) is 4. The van der Waals surface area contributed by atoms with E-state index in [-0.39, 0.29) is 11.4 Å². The normalized spacial score (nSPS) is 17.7. The standard InChI is InChI=1S/C20H19N5OS/c1-11-5-6-17(12(2)7-11)24-13(3)8-15(14(24)4)9-16-18(21)25-20(23-19(16)26)27-10-22-25/h5-10,21H,1-4H3/b16-9+,21-18?. The zero-order chi connectivity index (χ0) is 19.3. The van der Waals surface area contributed by atoms with E-state index in [2.05, 4.69) is 46.7 Å². The van der Waals surface area contributed by atoms with Gasteiger partial charge in [-0.25, -0.2) is 0 Å². The molecule has 2 aromatic rings. The highest BCUT2D eigenvalue weighted by atomic mass is 32.2. The van der Waals surface area contributed by atoms with Crippen LogP contribution in [0.25, 0.3) is 11.8 Å². The van der Waals surface area contributed by atoms with Crippen LogP contribution in [0.1, 0.15) is 28.1 Å². The van der Waals surface area contributed by atoms with Crippen LogP contribution in [-0.4, -0.2) is 32.0 Å². The van der Waals surface area contributed by atoms with E-state index in [0.717, 1.165) is 22.6 Å². The van der Waals surface area contributed by atoms with Crippen molar-refractivity contribution in [2.75, 3.05) is 0 Å². The highest BCUT2D eigenvalue weighted by Gasteiger charge is 2.32. The van der Waals surface area contributed by atoms with Gasteiger partial charge in [0.05, 0.1) is 11.1 Å². The molecule has 6 nitrogen and oxygen atoms in total. The maximum absolute atomic E-state index is 12.4. The molecule has 1 N–H and O–H groups in total. The first-order valence-electron chi connectivity index (χ1n) is 8.56. The van der Waals surface area contributed by atoms with E-state index in [1.54, 1.807) is 11.6 Å². The van der Waals surface area contributed by atoms with E-state index in [0.29, 0.717) is 5.17 Å². The summed E-state index contributed by atoms with van der Waals surface area (Å²) in [5.41, 5.74) is 8.34. The number of nitrogens with one attached hydrogen (secondary N) is 1. The largest absolute Gasteiger partial charge is 0.318 e. The zero-order valence-electron chi connectivity index (χ0n) is 15.6. The topological polar surface area (TPSA) is 73.8 Å². The Balaban J connectivity index is 1.80. The monoisotopic (exact) mass is 377 g/mol. The van der Waals surface area contributed by atoms with Gasteiger partial charge in [0, 0.05) is 17.1 Å². The molecule has 0 aliphatic carbocycles. The van der Waals surface area contributed by atoms with Crippen molar-refractivity contribution in [3.63, 3.8) is 0 Å². The summed E-state index contributed by atoms with van der Waals surface area (Å²) in [5, 5.41) is 14.2. The van der Waals surface area contributed by atoms with E-state index in [1.807, 2.05) is 19.9 Å². The van der Waals surface area contributed by atoms with Gasteiger partial charge in [0.2, 0.25) is 0 Å². The van der Waals surface area contributed by atoms with E-state index in [9.17, 15) is 4.79 Å². The lowest BCUT2D eigenvalue weighted by Gasteiger charge is -2.20. The van der Waals surface area contributed by atoms with Crippen LogP contribution in [0.15, 0.2) is 39.9 Å². The Labute approximate surface area is 161 Å². The van der Waals surface area contributed by atoms with Crippen LogP contribution >= 0.6 is 11.8 Å². The van der Waals surface area contributed by atoms with Gasteiger partial charge in [-0.3, -0.25) is 10.2 Å². The fourth-order valence-corrected chi connectivity index (χ4v) is 4.06. The molecule has 2 aliphatic rings. The van der Waals surface area contributed by atoms with Crippen molar-refractivity contribution < 1.29 is 4.79 Å². The number of amides is 1. The molecule has 3 heterocycles. The molecule has 0 bridgehead atoms. The van der Waals surface area contributed by atoms with E-state index in [4.69, 9.17) is 5.41 Å². The Morgan fingerprint density at radius 2 is 1.93 bits per heavy atom. The second kappa shape index (κ2) is 6.35. The van der Waals surface area contributed by atoms with Crippen molar-refractivity contribution in [2.45, 2.75) is 27.7 Å². The number of thioether (sulfide) groups is 1. The summed E-state index contributed by atoms with van der Waals surface area (Å²) in [5.74, 6) is -0.344. The van der Waals surface area contributed by atoms with Gasteiger partial charge >= 0.3 is 0 Å². The molecule has 1 aromatic heterocycles. The van der Waals surface area contributed by atoms with Crippen molar-refractivity contribution in [1.29, 1.82) is 5.41 Å². The zero-order valence-corrected chi connectivity index (χ0v) is 16.4. The van der Waals surface area contributed by atoms with Gasteiger partial charge in [0.1, 0.15) is 0 Å². The molecule has 4 rings (SSSR count). The number of carbonyl (C=O) groups excluding carboxylic acids is 1. The molecule has 0 fully saturated rings. The lowest BCUT2D eigenvalue weighted by atomic mass is 10.1. The molecule has 0 saturated carbocycles. The van der Waals surface area contributed by atoms with Gasteiger partial charge in [-0.05, 0) is 68.8 Å². The number of hydrogen-bond donors (Lipinski definition) is 1. The fourth-order valence-electron chi connectivity index (χ4n) is 3.45. The summed E-state index contributed by atoms with van der Waals surface area (Å²) in [6.07, 6.45) is 1.74. The molecule has 136 valence electrons. The molecule has 1 amide bonds. The van der Waals surface area contributed by atoms with Crippen molar-refractivity contribution in [3.05, 3.63) is 57.9 Å². The van der Waals surface area contributed by atoms with Gasteiger partial charge in [-0.15, -0.1) is 0 Å². The minimum atomic E-state index is -0.402. The van der Waals surface area contributed by atoms with Gasteiger partial charge in [0.25, 0.3) is 5.91 Å². The third kappa shape index (κ3) is 2.84. The lowest BCUT2D eigenvalue weighted by Crippen LogP contribution is -2.35. The Morgan fingerprint density at radius 3 is 2.67 bits per heavy atom. The Morgan fingerprint density at radius 1 is 1.15 bits per heavy atom. The molecule has 2 aliphatic heterocycles. The summed E-state index contributed by atoms with van der Waals surface area (Å²) >= 11 is 1.24. The maximum Gasteiger partial charge on any atom is 0.283 e. The second-order valence-corrected chi connectivity index (χ2v) is 7.52. The van der Waals surface area contributed by atoms with E-state index in [1.165, 1.54) is 27.9 Å². The number of benzene rings is 1. The number of rotatable bonds is 2. The number of hydrazone groups is 1. The predicted octanol–water partition coefficient (Wildman–Crippen LogP) is 3.96. The SMILES string of the molecule is Cc1ccc(-n2c(C)cc(/C=C3\C(=N)N4N=CSC4=NC3=O)c2C)c(C)c1. The average molecular weight is 377 g/mol. The number of aryl methyl sites for hydroxylation is 3. The van der Waals surface area contributed by atoms with Crippen molar-refractivity contribution >= 4 is 40.3 Å². The van der Waals surface area contributed by atoms with Crippen LogP contribution in [0.4, 0.5) is 0 Å². The molecular weight excluding hydrogens is 358 g/mol. The molecule has 0 radical (unpaired) electrons. The highest BCUT2D eigenvalue weighted by Crippen LogP contribution is 2.28. The van der Waals surface area contributed by atoms with Crippen LogP contribution in [0.5, 0.6) is 0 Å². The van der Waals surface area contributed by atoms with Gasteiger partial charge in [-0.1, -0.05) is 17.7 Å². The third-order valence-corrected chi connectivity index (χ3v) is 5.43. The van der Waals surface area contributed by atoms with Crippen molar-refractivity contribution in [3.8, 4) is 5.69 Å². The predicted molar refractivity (Wildman–Crippen MR) is 111 cm³/mol. The molecule has 1 aromatic carbocycles. The first kappa shape index (κ1) is 17.5. The third-order valence-electron chi connectivity index (χ3n) is 4.76. The van der Waals surface area contributed by atoms with Gasteiger partial charge in [0.15, 0.2) is 11.0 Å². The number of aliphatic imine (C=N–C) groups is 1. The van der Waals surface area contributed by atoms with Crippen molar-refractivity contribution in [1.82, 2.24) is 9.58 Å². The number of aromatic nitrogens is 1.